The summed E-state index contributed by atoms with van der Waals surface area (Å²) >= 11 is 0. The summed E-state index contributed by atoms with van der Waals surface area (Å²) in [5.74, 6) is 0. The van der Waals surface area contributed by atoms with Gasteiger partial charge in [-0.1, -0.05) is 25.7 Å². The third kappa shape index (κ3) is 3.92. The highest BCUT2D eigenvalue weighted by Gasteiger charge is 2.19. The van der Waals surface area contributed by atoms with Crippen molar-refractivity contribution in [3.05, 3.63) is 0 Å². The van der Waals surface area contributed by atoms with Crippen LogP contribution in [0.15, 0.2) is 0 Å². The van der Waals surface area contributed by atoms with Crippen molar-refractivity contribution < 1.29 is 4.74 Å². The summed E-state index contributed by atoms with van der Waals surface area (Å²) in [6.45, 7) is 8.31. The van der Waals surface area contributed by atoms with E-state index in [1.807, 2.05) is 0 Å². The molecule has 11 heavy (non-hydrogen) atoms. The summed E-state index contributed by atoms with van der Waals surface area (Å²) in [4.78, 5) is 0. The van der Waals surface area contributed by atoms with E-state index in [0.717, 1.165) is 6.61 Å². The topological polar surface area (TPSA) is 9.23 Å². The maximum atomic E-state index is 5.57. The largest absolute Gasteiger partial charge is 0.378 e. The van der Waals surface area contributed by atoms with E-state index in [9.17, 15) is 0 Å². The highest BCUT2D eigenvalue weighted by Crippen LogP contribution is 2.21. The summed E-state index contributed by atoms with van der Waals surface area (Å²) in [7, 11) is -0.805. The van der Waals surface area contributed by atoms with Crippen molar-refractivity contribution in [2.24, 2.45) is 0 Å². The average molecular weight is 172 g/mol. The van der Waals surface area contributed by atoms with Crippen LogP contribution in [-0.4, -0.2) is 20.8 Å². The Morgan fingerprint density at radius 2 is 2.09 bits per heavy atom. The van der Waals surface area contributed by atoms with Gasteiger partial charge in [-0.2, -0.15) is 0 Å². The molecule has 1 atom stereocenters. The van der Waals surface area contributed by atoms with Crippen LogP contribution in [-0.2, 0) is 4.74 Å². The molecule has 0 spiro atoms. The summed E-state index contributed by atoms with van der Waals surface area (Å²) in [6, 6.07) is 1.43. The highest BCUT2D eigenvalue weighted by molar-refractivity contribution is 6.76. The zero-order chi connectivity index (χ0) is 8.32. The maximum Gasteiger partial charge on any atom is 0.0573 e. The Kier molecular flexibility index (Phi) is 3.13. The first-order chi connectivity index (χ1) is 5.08. The number of hydrogen-bond donors (Lipinski definition) is 0. The molecule has 0 aliphatic carbocycles. The summed E-state index contributed by atoms with van der Waals surface area (Å²) in [5, 5.41) is 0. The van der Waals surface area contributed by atoms with Gasteiger partial charge < -0.3 is 4.74 Å². The van der Waals surface area contributed by atoms with Crippen LogP contribution in [0.1, 0.15) is 19.3 Å². The molecule has 0 aromatic heterocycles. The molecule has 1 aliphatic rings. The molecule has 0 radical (unpaired) electrons. The molecule has 66 valence electrons. The molecule has 1 nitrogen and oxygen atoms in total. The van der Waals surface area contributed by atoms with Gasteiger partial charge in [-0.3, -0.25) is 0 Å². The fourth-order valence-corrected chi connectivity index (χ4v) is 2.65. The van der Waals surface area contributed by atoms with Crippen LogP contribution >= 0.6 is 0 Å². The van der Waals surface area contributed by atoms with E-state index in [1.165, 1.54) is 25.3 Å². The van der Waals surface area contributed by atoms with Crippen molar-refractivity contribution in [2.75, 3.05) is 6.61 Å². The quantitative estimate of drug-likeness (QED) is 0.595. The highest BCUT2D eigenvalue weighted by atomic mass is 28.3. The summed E-state index contributed by atoms with van der Waals surface area (Å²) < 4.78 is 5.57. The fourth-order valence-electron chi connectivity index (χ4n) is 1.47. The van der Waals surface area contributed by atoms with Gasteiger partial charge in [-0.05, 0) is 19.3 Å². The van der Waals surface area contributed by atoms with Gasteiger partial charge in [0.25, 0.3) is 0 Å². The molecule has 0 bridgehead atoms. The van der Waals surface area contributed by atoms with Gasteiger partial charge in [0.05, 0.1) is 6.10 Å². The Labute approximate surface area is 71.1 Å². The van der Waals surface area contributed by atoms with E-state index < -0.39 is 8.07 Å². The van der Waals surface area contributed by atoms with Crippen LogP contribution in [0.3, 0.4) is 0 Å². The third-order valence-electron chi connectivity index (χ3n) is 2.24. The van der Waals surface area contributed by atoms with E-state index in [-0.39, 0.29) is 0 Å². The molecule has 2 heteroatoms. The van der Waals surface area contributed by atoms with Gasteiger partial charge >= 0.3 is 0 Å². The van der Waals surface area contributed by atoms with Gasteiger partial charge in [0.15, 0.2) is 0 Å². The molecule has 0 aromatic rings. The fraction of sp³-hybridized carbons (Fsp3) is 1.00. The van der Waals surface area contributed by atoms with E-state index in [1.54, 1.807) is 0 Å². The molecule has 1 saturated heterocycles. The van der Waals surface area contributed by atoms with Crippen molar-refractivity contribution in [1.82, 2.24) is 0 Å². The first kappa shape index (κ1) is 9.27. The Balaban J connectivity index is 2.11. The molecule has 1 aliphatic heterocycles. The minimum absolute atomic E-state index is 0.613. The van der Waals surface area contributed by atoms with Crippen molar-refractivity contribution in [3.63, 3.8) is 0 Å². The minimum atomic E-state index is -0.805. The first-order valence-electron chi connectivity index (χ1n) is 4.69. The van der Waals surface area contributed by atoms with Crippen molar-refractivity contribution in [3.8, 4) is 0 Å². The molecule has 1 unspecified atom stereocenters. The monoisotopic (exact) mass is 172 g/mol. The van der Waals surface area contributed by atoms with Crippen molar-refractivity contribution in [1.29, 1.82) is 0 Å². The van der Waals surface area contributed by atoms with Crippen molar-refractivity contribution in [2.45, 2.75) is 51.1 Å². The standard InChI is InChI=1S/C9H20OSi/c1-11(2,3)8-6-9-5-4-7-10-9/h9H,4-8H2,1-3H3. The zero-order valence-electron chi connectivity index (χ0n) is 8.02. The van der Waals surface area contributed by atoms with Gasteiger partial charge in [-0.15, -0.1) is 0 Å². The Hall–Kier alpha value is 0.177. The normalized spacial score (nSPS) is 25.9. The molecule has 0 N–H and O–H groups in total. The Bertz CT molecular complexity index is 111. The molecule has 0 aromatic carbocycles. The molecule has 0 saturated carbocycles. The second-order valence-corrected chi connectivity index (χ2v) is 10.4. The lowest BCUT2D eigenvalue weighted by Crippen LogP contribution is -2.21. The van der Waals surface area contributed by atoms with E-state index in [4.69, 9.17) is 4.74 Å². The molecular formula is C9H20OSi. The Morgan fingerprint density at radius 3 is 2.55 bits per heavy atom. The van der Waals surface area contributed by atoms with Crippen LogP contribution in [0.5, 0.6) is 0 Å². The van der Waals surface area contributed by atoms with Crippen LogP contribution in [0.4, 0.5) is 0 Å². The van der Waals surface area contributed by atoms with E-state index >= 15 is 0 Å². The maximum absolute atomic E-state index is 5.57. The third-order valence-corrected chi connectivity index (χ3v) is 4.03. The molecule has 1 rings (SSSR count). The van der Waals surface area contributed by atoms with E-state index in [2.05, 4.69) is 19.6 Å². The SMILES string of the molecule is C[Si](C)(C)CCC1CCCO1. The van der Waals surface area contributed by atoms with E-state index in [0.29, 0.717) is 6.10 Å². The lowest BCUT2D eigenvalue weighted by molar-refractivity contribution is 0.108. The molecule has 1 heterocycles. The number of ether oxygens (including phenoxy) is 1. The number of hydrogen-bond acceptors (Lipinski definition) is 1. The smallest absolute Gasteiger partial charge is 0.0573 e. The lowest BCUT2D eigenvalue weighted by atomic mass is 10.2. The minimum Gasteiger partial charge on any atom is -0.378 e. The predicted molar refractivity (Wildman–Crippen MR) is 51.7 cm³/mol. The Morgan fingerprint density at radius 1 is 1.36 bits per heavy atom. The van der Waals surface area contributed by atoms with Gasteiger partial charge in [0.2, 0.25) is 0 Å². The molecule has 1 fully saturated rings. The summed E-state index contributed by atoms with van der Waals surface area (Å²) in [5.41, 5.74) is 0. The first-order valence-corrected chi connectivity index (χ1v) is 8.40. The van der Waals surface area contributed by atoms with Gasteiger partial charge in [0.1, 0.15) is 0 Å². The molecular weight excluding hydrogens is 152 g/mol. The summed E-state index contributed by atoms with van der Waals surface area (Å²) in [6.07, 6.45) is 4.53. The van der Waals surface area contributed by atoms with Crippen LogP contribution in [0.25, 0.3) is 0 Å². The van der Waals surface area contributed by atoms with Crippen LogP contribution in [0.2, 0.25) is 25.7 Å². The van der Waals surface area contributed by atoms with Crippen LogP contribution in [0, 0.1) is 0 Å². The van der Waals surface area contributed by atoms with Crippen LogP contribution < -0.4 is 0 Å². The van der Waals surface area contributed by atoms with Gasteiger partial charge in [-0.25, -0.2) is 0 Å². The van der Waals surface area contributed by atoms with Crippen molar-refractivity contribution >= 4 is 8.07 Å². The lowest BCUT2D eigenvalue weighted by Gasteiger charge is -2.17. The average Bonchev–Trinajstić information content (AvgIpc) is 2.32. The zero-order valence-corrected chi connectivity index (χ0v) is 9.02. The second kappa shape index (κ2) is 3.72. The van der Waals surface area contributed by atoms with Gasteiger partial charge in [0, 0.05) is 14.7 Å². The predicted octanol–water partition coefficient (Wildman–Crippen LogP) is 2.89. The second-order valence-electron chi connectivity index (χ2n) is 4.73. The number of rotatable bonds is 3. The molecule has 0 amide bonds.